The summed E-state index contributed by atoms with van der Waals surface area (Å²) in [5.41, 5.74) is 2.76. The number of nitrogens with zero attached hydrogens (tertiary/aromatic N) is 1. The van der Waals surface area contributed by atoms with Crippen LogP contribution in [0.5, 0.6) is 0 Å². The van der Waals surface area contributed by atoms with Crippen LogP contribution >= 0.6 is 0 Å². The van der Waals surface area contributed by atoms with Crippen molar-refractivity contribution in [3.63, 3.8) is 0 Å². The Morgan fingerprint density at radius 2 is 1.73 bits per heavy atom. The average molecular weight is 196 g/mol. The molecule has 3 rings (SSSR count). The standard InChI is InChI=1S/C14H14N/c1-15(2)10-9-13-12-6-4-3-5-11(12)7-8-14(13)15/h3-10H,1-2H3/q+1. The van der Waals surface area contributed by atoms with Crippen molar-refractivity contribution in [3.05, 3.63) is 48.2 Å². The molecule has 2 aromatic rings. The smallest absolute Gasteiger partial charge is 0.145 e. The quantitative estimate of drug-likeness (QED) is 0.566. The summed E-state index contributed by atoms with van der Waals surface area (Å²) < 4.78 is 0.847. The Hall–Kier alpha value is -1.60. The molecule has 0 amide bonds. The highest BCUT2D eigenvalue weighted by molar-refractivity contribution is 5.97. The van der Waals surface area contributed by atoms with Crippen LogP contribution in [-0.2, 0) is 0 Å². The van der Waals surface area contributed by atoms with Gasteiger partial charge in [-0.3, -0.25) is 4.48 Å². The van der Waals surface area contributed by atoms with Crippen LogP contribution in [-0.4, -0.2) is 14.1 Å². The maximum Gasteiger partial charge on any atom is 0.145 e. The fourth-order valence-corrected chi connectivity index (χ4v) is 2.30. The molecule has 15 heavy (non-hydrogen) atoms. The van der Waals surface area contributed by atoms with Crippen LogP contribution in [0.25, 0.3) is 16.8 Å². The molecule has 0 aliphatic carbocycles. The van der Waals surface area contributed by atoms with Crippen LogP contribution in [0.2, 0.25) is 0 Å². The highest BCUT2D eigenvalue weighted by Gasteiger charge is 2.26. The van der Waals surface area contributed by atoms with E-state index in [4.69, 9.17) is 0 Å². The van der Waals surface area contributed by atoms with E-state index >= 15 is 0 Å². The molecule has 0 saturated heterocycles. The lowest BCUT2D eigenvalue weighted by molar-refractivity contribution is 0.551. The third-order valence-corrected chi connectivity index (χ3v) is 3.18. The Balaban J connectivity index is 2.43. The molecule has 0 saturated carbocycles. The van der Waals surface area contributed by atoms with Crippen LogP contribution in [0.15, 0.2) is 42.6 Å². The highest BCUT2D eigenvalue weighted by atomic mass is 15.3. The Kier molecular flexibility index (Phi) is 1.57. The van der Waals surface area contributed by atoms with E-state index in [-0.39, 0.29) is 0 Å². The number of rotatable bonds is 0. The van der Waals surface area contributed by atoms with Crippen molar-refractivity contribution in [3.8, 4) is 0 Å². The molecule has 0 radical (unpaired) electrons. The van der Waals surface area contributed by atoms with E-state index in [0.29, 0.717) is 0 Å². The molecule has 0 N–H and O–H groups in total. The van der Waals surface area contributed by atoms with Gasteiger partial charge in [-0.05, 0) is 16.8 Å². The van der Waals surface area contributed by atoms with Crippen molar-refractivity contribution >= 4 is 22.5 Å². The Labute approximate surface area is 89.8 Å². The van der Waals surface area contributed by atoms with E-state index in [1.807, 2.05) is 0 Å². The van der Waals surface area contributed by atoms with Gasteiger partial charge in [0.15, 0.2) is 0 Å². The first kappa shape index (κ1) is 8.69. The topological polar surface area (TPSA) is 0 Å². The van der Waals surface area contributed by atoms with E-state index < -0.39 is 0 Å². The minimum atomic E-state index is 0.847. The molecule has 0 aromatic heterocycles. The summed E-state index contributed by atoms with van der Waals surface area (Å²) in [4.78, 5) is 0. The van der Waals surface area contributed by atoms with Crippen molar-refractivity contribution in [2.75, 3.05) is 14.1 Å². The highest BCUT2D eigenvalue weighted by Crippen LogP contribution is 2.37. The van der Waals surface area contributed by atoms with Crippen LogP contribution in [0.4, 0.5) is 5.69 Å². The maximum absolute atomic E-state index is 2.23. The van der Waals surface area contributed by atoms with Gasteiger partial charge in [-0.25, -0.2) is 0 Å². The fraction of sp³-hybridized carbons (Fsp3) is 0.143. The summed E-state index contributed by atoms with van der Waals surface area (Å²) >= 11 is 0. The molecule has 0 unspecified atom stereocenters. The average Bonchev–Trinajstić information content (AvgIpc) is 2.55. The van der Waals surface area contributed by atoms with E-state index in [9.17, 15) is 0 Å². The molecule has 1 heteroatoms. The van der Waals surface area contributed by atoms with Gasteiger partial charge in [-0.1, -0.05) is 24.3 Å². The molecular formula is C14H14N+. The Bertz CT molecular complexity index is 565. The summed E-state index contributed by atoms with van der Waals surface area (Å²) in [5, 5.41) is 2.68. The van der Waals surface area contributed by atoms with Crippen LogP contribution in [0, 0.1) is 0 Å². The first-order valence-electron chi connectivity index (χ1n) is 5.24. The second kappa shape index (κ2) is 2.71. The van der Waals surface area contributed by atoms with Gasteiger partial charge in [0.25, 0.3) is 0 Å². The van der Waals surface area contributed by atoms with E-state index in [1.54, 1.807) is 0 Å². The van der Waals surface area contributed by atoms with Gasteiger partial charge in [-0.15, -0.1) is 0 Å². The van der Waals surface area contributed by atoms with Crippen molar-refractivity contribution in [1.82, 2.24) is 4.48 Å². The van der Waals surface area contributed by atoms with E-state index in [2.05, 4.69) is 62.8 Å². The molecule has 2 aromatic carbocycles. The molecule has 74 valence electrons. The Morgan fingerprint density at radius 3 is 2.60 bits per heavy atom. The van der Waals surface area contributed by atoms with Crippen molar-refractivity contribution < 1.29 is 0 Å². The number of quaternary nitrogens is 1. The SMILES string of the molecule is C[N+]1(C)C=Cc2c1ccc1ccccc21. The number of benzene rings is 2. The minimum Gasteiger partial charge on any atom is -0.269 e. The van der Waals surface area contributed by atoms with Gasteiger partial charge < -0.3 is 0 Å². The molecule has 0 fully saturated rings. The van der Waals surface area contributed by atoms with Gasteiger partial charge in [0.1, 0.15) is 11.9 Å². The van der Waals surface area contributed by atoms with Gasteiger partial charge in [-0.2, -0.15) is 0 Å². The predicted octanol–water partition coefficient (Wildman–Crippen LogP) is 3.39. The van der Waals surface area contributed by atoms with Gasteiger partial charge in [0, 0.05) is 17.7 Å². The van der Waals surface area contributed by atoms with E-state index in [0.717, 1.165) is 4.48 Å². The fourth-order valence-electron chi connectivity index (χ4n) is 2.30. The number of hydrogen-bond donors (Lipinski definition) is 0. The molecule has 1 aliphatic heterocycles. The minimum absolute atomic E-state index is 0.847. The zero-order valence-corrected chi connectivity index (χ0v) is 9.07. The molecule has 1 nitrogen and oxygen atoms in total. The summed E-state index contributed by atoms with van der Waals surface area (Å²) in [6.45, 7) is 0. The van der Waals surface area contributed by atoms with Crippen LogP contribution in [0.1, 0.15) is 5.56 Å². The van der Waals surface area contributed by atoms with Crippen molar-refractivity contribution in [2.45, 2.75) is 0 Å². The first-order valence-corrected chi connectivity index (χ1v) is 5.24. The van der Waals surface area contributed by atoms with Crippen molar-refractivity contribution in [2.24, 2.45) is 0 Å². The van der Waals surface area contributed by atoms with Crippen molar-refractivity contribution in [1.29, 1.82) is 0 Å². The molecular weight excluding hydrogens is 182 g/mol. The monoisotopic (exact) mass is 196 g/mol. The number of fused-ring (bicyclic) bond motifs is 3. The predicted molar refractivity (Wildman–Crippen MR) is 66.6 cm³/mol. The molecule has 0 bridgehead atoms. The zero-order valence-electron chi connectivity index (χ0n) is 9.07. The second-order valence-corrected chi connectivity index (χ2v) is 4.58. The van der Waals surface area contributed by atoms with E-state index in [1.165, 1.54) is 22.0 Å². The van der Waals surface area contributed by atoms with Gasteiger partial charge in [0.2, 0.25) is 0 Å². The molecule has 1 aliphatic rings. The summed E-state index contributed by atoms with van der Waals surface area (Å²) in [5.74, 6) is 0. The lowest BCUT2D eigenvalue weighted by Gasteiger charge is -2.21. The summed E-state index contributed by atoms with van der Waals surface area (Å²) in [7, 11) is 4.41. The normalized spacial score (nSPS) is 16.9. The molecule has 0 atom stereocenters. The third-order valence-electron chi connectivity index (χ3n) is 3.18. The largest absolute Gasteiger partial charge is 0.269 e. The lowest BCUT2D eigenvalue weighted by atomic mass is 10.0. The Morgan fingerprint density at radius 1 is 0.933 bits per heavy atom. The summed E-state index contributed by atoms with van der Waals surface area (Å²) in [6.07, 6.45) is 4.47. The summed E-state index contributed by atoms with van der Waals surface area (Å²) in [6, 6.07) is 13.0. The lowest BCUT2D eigenvalue weighted by Crippen LogP contribution is -2.31. The first-order chi connectivity index (χ1) is 7.18. The maximum atomic E-state index is 2.23. The molecule has 1 heterocycles. The van der Waals surface area contributed by atoms with Crippen LogP contribution in [0.3, 0.4) is 0 Å². The third kappa shape index (κ3) is 1.13. The van der Waals surface area contributed by atoms with Gasteiger partial charge >= 0.3 is 0 Å². The second-order valence-electron chi connectivity index (χ2n) is 4.58. The van der Waals surface area contributed by atoms with Gasteiger partial charge in [0.05, 0.1) is 14.1 Å². The number of hydrogen-bond acceptors (Lipinski definition) is 0. The van der Waals surface area contributed by atoms with Crippen LogP contribution < -0.4 is 4.48 Å². The zero-order chi connectivity index (χ0) is 10.5. The molecule has 0 spiro atoms.